The van der Waals surface area contributed by atoms with Gasteiger partial charge in [-0.15, -0.1) is 0 Å². The lowest BCUT2D eigenvalue weighted by molar-refractivity contribution is -0.130. The molecule has 128 valence electrons. The zero-order valence-electron chi connectivity index (χ0n) is 14.0. The van der Waals surface area contributed by atoms with E-state index < -0.39 is 0 Å². The summed E-state index contributed by atoms with van der Waals surface area (Å²) in [5.41, 5.74) is 0. The quantitative estimate of drug-likeness (QED) is 0.846. The first-order valence-electron chi connectivity index (χ1n) is 8.04. The Balaban J connectivity index is 1.53. The molecule has 0 saturated carbocycles. The van der Waals surface area contributed by atoms with Crippen molar-refractivity contribution in [2.24, 2.45) is 0 Å². The molecule has 1 N–H and O–H groups in total. The first-order chi connectivity index (χ1) is 11.6. The van der Waals surface area contributed by atoms with Gasteiger partial charge in [0.25, 0.3) is 0 Å². The topological polar surface area (TPSA) is 87.2 Å². The fraction of sp³-hybridized carbons (Fsp3) is 0.500. The summed E-state index contributed by atoms with van der Waals surface area (Å²) in [5.74, 6) is 2.41. The molecule has 0 spiro atoms. The summed E-state index contributed by atoms with van der Waals surface area (Å²) >= 11 is 0. The number of hydrogen-bond donors (Lipinski definition) is 1. The maximum absolute atomic E-state index is 12.3. The Bertz CT molecular complexity index is 673. The normalized spacial score (nSPS) is 17.1. The smallest absolute Gasteiger partial charge is 0.223 e. The third-order valence-corrected chi connectivity index (χ3v) is 4.01. The molecule has 2 aromatic heterocycles. The van der Waals surface area contributed by atoms with E-state index >= 15 is 0 Å². The van der Waals surface area contributed by atoms with Crippen molar-refractivity contribution >= 4 is 11.7 Å². The Hall–Kier alpha value is -2.64. The number of aromatic amines is 1. The number of anilines is 1. The van der Waals surface area contributed by atoms with Crippen molar-refractivity contribution in [3.05, 3.63) is 30.5 Å². The number of aromatic nitrogens is 4. The Labute approximate surface area is 140 Å². The number of pyridine rings is 1. The second kappa shape index (κ2) is 7.29. The number of aryl methyl sites for hydroxylation is 1. The highest BCUT2D eigenvalue weighted by Gasteiger charge is 2.28. The molecule has 1 aliphatic rings. The highest BCUT2D eigenvalue weighted by Crippen LogP contribution is 2.26. The number of amides is 1. The SMILES string of the molecule is CN(C)c1ncccc1OC1CCN(C(=O)CCc2ncn[nH]2)C1. The molecule has 0 aromatic carbocycles. The first-order valence-corrected chi connectivity index (χ1v) is 8.04. The third kappa shape index (κ3) is 3.81. The number of hydrogen-bond acceptors (Lipinski definition) is 6. The van der Waals surface area contributed by atoms with Gasteiger partial charge < -0.3 is 14.5 Å². The molecule has 0 aliphatic carbocycles. The highest BCUT2D eigenvalue weighted by molar-refractivity contribution is 5.76. The molecule has 2 aromatic rings. The number of nitrogens with one attached hydrogen (secondary N) is 1. The zero-order chi connectivity index (χ0) is 16.9. The minimum absolute atomic E-state index is 0.00197. The lowest BCUT2D eigenvalue weighted by Gasteiger charge is -2.20. The molecule has 1 unspecified atom stereocenters. The van der Waals surface area contributed by atoms with E-state index in [1.807, 2.05) is 36.0 Å². The van der Waals surface area contributed by atoms with Crippen LogP contribution in [-0.2, 0) is 11.2 Å². The minimum Gasteiger partial charge on any atom is -0.485 e. The fourth-order valence-electron chi connectivity index (χ4n) is 2.78. The number of carbonyl (C=O) groups is 1. The van der Waals surface area contributed by atoms with E-state index in [0.717, 1.165) is 30.4 Å². The zero-order valence-corrected chi connectivity index (χ0v) is 14.0. The van der Waals surface area contributed by atoms with Crippen molar-refractivity contribution in [2.45, 2.75) is 25.4 Å². The van der Waals surface area contributed by atoms with Gasteiger partial charge in [0.2, 0.25) is 5.91 Å². The van der Waals surface area contributed by atoms with Crippen molar-refractivity contribution in [2.75, 3.05) is 32.1 Å². The minimum atomic E-state index is 0.00197. The maximum atomic E-state index is 12.3. The number of likely N-dealkylation sites (tertiary alicyclic amines) is 1. The summed E-state index contributed by atoms with van der Waals surface area (Å²) in [6.45, 7) is 1.33. The number of rotatable bonds is 6. The Morgan fingerprint density at radius 3 is 3.08 bits per heavy atom. The van der Waals surface area contributed by atoms with Gasteiger partial charge in [-0.2, -0.15) is 5.10 Å². The molecule has 1 aliphatic heterocycles. The number of nitrogens with zero attached hydrogens (tertiary/aromatic N) is 5. The standard InChI is InChI=1S/C16H22N6O2/c1-21(2)16-13(4-3-8-17-16)24-12-7-9-22(10-12)15(23)6-5-14-18-11-19-20-14/h3-4,8,11-12H,5-7,9-10H2,1-2H3,(H,18,19,20). The average Bonchev–Trinajstić information content (AvgIpc) is 3.24. The monoisotopic (exact) mass is 330 g/mol. The number of H-pyrrole nitrogens is 1. The van der Waals surface area contributed by atoms with E-state index in [-0.39, 0.29) is 12.0 Å². The van der Waals surface area contributed by atoms with Crippen LogP contribution in [0.25, 0.3) is 0 Å². The summed E-state index contributed by atoms with van der Waals surface area (Å²) in [6, 6.07) is 3.77. The van der Waals surface area contributed by atoms with Crippen LogP contribution in [0.4, 0.5) is 5.82 Å². The molecule has 1 saturated heterocycles. The molecule has 8 heteroatoms. The molecular formula is C16H22N6O2. The van der Waals surface area contributed by atoms with Gasteiger partial charge in [0.1, 0.15) is 18.3 Å². The summed E-state index contributed by atoms with van der Waals surface area (Å²) < 4.78 is 6.07. The van der Waals surface area contributed by atoms with Crippen molar-refractivity contribution in [1.82, 2.24) is 25.1 Å². The molecule has 1 fully saturated rings. The largest absolute Gasteiger partial charge is 0.485 e. The second-order valence-electron chi connectivity index (χ2n) is 6.02. The third-order valence-electron chi connectivity index (χ3n) is 4.01. The van der Waals surface area contributed by atoms with Crippen LogP contribution < -0.4 is 9.64 Å². The number of carbonyl (C=O) groups excluding carboxylic acids is 1. The maximum Gasteiger partial charge on any atom is 0.223 e. The van der Waals surface area contributed by atoms with Gasteiger partial charge in [0.15, 0.2) is 11.6 Å². The molecule has 24 heavy (non-hydrogen) atoms. The summed E-state index contributed by atoms with van der Waals surface area (Å²) in [6.07, 6.45) is 5.04. The van der Waals surface area contributed by atoms with E-state index in [1.165, 1.54) is 6.33 Å². The highest BCUT2D eigenvalue weighted by atomic mass is 16.5. The van der Waals surface area contributed by atoms with Crippen LogP contribution in [0.3, 0.4) is 0 Å². The van der Waals surface area contributed by atoms with E-state index in [9.17, 15) is 4.79 Å². The fourth-order valence-corrected chi connectivity index (χ4v) is 2.78. The predicted molar refractivity (Wildman–Crippen MR) is 88.9 cm³/mol. The molecule has 3 rings (SSSR count). The number of ether oxygens (including phenoxy) is 1. The van der Waals surface area contributed by atoms with E-state index in [2.05, 4.69) is 20.2 Å². The van der Waals surface area contributed by atoms with Crippen LogP contribution in [0.1, 0.15) is 18.7 Å². The molecule has 0 bridgehead atoms. The lowest BCUT2D eigenvalue weighted by atomic mass is 10.2. The van der Waals surface area contributed by atoms with Gasteiger partial charge in [-0.05, 0) is 12.1 Å². The molecule has 0 radical (unpaired) electrons. The van der Waals surface area contributed by atoms with Crippen molar-refractivity contribution in [3.63, 3.8) is 0 Å². The molecule has 8 nitrogen and oxygen atoms in total. The van der Waals surface area contributed by atoms with Gasteiger partial charge >= 0.3 is 0 Å². The van der Waals surface area contributed by atoms with Crippen LogP contribution in [0.5, 0.6) is 5.75 Å². The first kappa shape index (κ1) is 16.2. The van der Waals surface area contributed by atoms with Crippen LogP contribution in [-0.4, -0.2) is 64.3 Å². The summed E-state index contributed by atoms with van der Waals surface area (Å²) in [7, 11) is 3.87. The molecule has 3 heterocycles. The second-order valence-corrected chi connectivity index (χ2v) is 6.02. The van der Waals surface area contributed by atoms with Crippen molar-refractivity contribution < 1.29 is 9.53 Å². The van der Waals surface area contributed by atoms with Crippen molar-refractivity contribution in [1.29, 1.82) is 0 Å². The molecule has 1 amide bonds. The van der Waals surface area contributed by atoms with Crippen LogP contribution in [0, 0.1) is 0 Å². The van der Waals surface area contributed by atoms with Gasteiger partial charge in [0, 0.05) is 46.1 Å². The van der Waals surface area contributed by atoms with Crippen LogP contribution in [0.2, 0.25) is 0 Å². The van der Waals surface area contributed by atoms with E-state index in [4.69, 9.17) is 4.74 Å². The van der Waals surface area contributed by atoms with E-state index in [0.29, 0.717) is 19.4 Å². The predicted octanol–water partition coefficient (Wildman–Crippen LogP) is 0.878. The van der Waals surface area contributed by atoms with Gasteiger partial charge in [0.05, 0.1) is 6.54 Å². The molecular weight excluding hydrogens is 308 g/mol. The van der Waals surface area contributed by atoms with E-state index in [1.54, 1.807) is 6.20 Å². The average molecular weight is 330 g/mol. The van der Waals surface area contributed by atoms with Gasteiger partial charge in [-0.3, -0.25) is 9.89 Å². The lowest BCUT2D eigenvalue weighted by Crippen LogP contribution is -2.31. The van der Waals surface area contributed by atoms with Crippen LogP contribution >= 0.6 is 0 Å². The van der Waals surface area contributed by atoms with Crippen molar-refractivity contribution in [3.8, 4) is 5.75 Å². The Morgan fingerprint density at radius 1 is 1.46 bits per heavy atom. The summed E-state index contributed by atoms with van der Waals surface area (Å²) in [5, 5.41) is 6.56. The van der Waals surface area contributed by atoms with Gasteiger partial charge in [-0.1, -0.05) is 0 Å². The Kier molecular flexibility index (Phi) is 4.93. The van der Waals surface area contributed by atoms with Crippen LogP contribution in [0.15, 0.2) is 24.7 Å². The Morgan fingerprint density at radius 2 is 2.33 bits per heavy atom. The van der Waals surface area contributed by atoms with Gasteiger partial charge in [-0.25, -0.2) is 9.97 Å². The summed E-state index contributed by atoms with van der Waals surface area (Å²) in [4.78, 5) is 24.5. The molecule has 1 atom stereocenters.